The summed E-state index contributed by atoms with van der Waals surface area (Å²) in [5, 5.41) is 18.3. The highest BCUT2D eigenvalue weighted by Gasteiger charge is 2.16. The molecule has 2 N–H and O–H groups in total. The van der Waals surface area contributed by atoms with Crippen molar-refractivity contribution >= 4 is 35.8 Å². The predicted octanol–water partition coefficient (Wildman–Crippen LogP) is 1.07. The van der Waals surface area contributed by atoms with E-state index in [1.54, 1.807) is 0 Å². The van der Waals surface area contributed by atoms with Crippen LogP contribution in [0.25, 0.3) is 0 Å². The van der Waals surface area contributed by atoms with Gasteiger partial charge in [0.2, 0.25) is 0 Å². The van der Waals surface area contributed by atoms with E-state index in [0.717, 1.165) is 0 Å². The highest BCUT2D eigenvalue weighted by Crippen LogP contribution is 2.31. The van der Waals surface area contributed by atoms with E-state index >= 15 is 0 Å². The van der Waals surface area contributed by atoms with E-state index in [4.69, 9.17) is 38.0 Å². The Morgan fingerprint density at radius 3 is 2.14 bits per heavy atom. The van der Waals surface area contributed by atoms with Crippen molar-refractivity contribution in [3.05, 3.63) is 22.2 Å². The Balaban J connectivity index is 3.11. The monoisotopic (exact) mass is 234 g/mol. The third-order valence-corrected chi connectivity index (χ3v) is 2.17. The Morgan fingerprint density at radius 2 is 1.79 bits per heavy atom. The highest BCUT2D eigenvalue weighted by molar-refractivity contribution is 6.59. The molecule has 76 valence electrons. The normalized spacial score (nSPS) is 10.1. The summed E-state index contributed by atoms with van der Waals surface area (Å²) in [5.41, 5.74) is 0.239. The zero-order valence-corrected chi connectivity index (χ0v) is 9.01. The minimum absolute atomic E-state index is 0.239. The average molecular weight is 235 g/mol. The number of halogens is 2. The van der Waals surface area contributed by atoms with Gasteiger partial charge in [-0.05, 0) is 24.5 Å². The molecular weight excluding hydrogens is 226 g/mol. The van der Waals surface area contributed by atoms with Gasteiger partial charge in [-0.15, -0.1) is 0 Å². The summed E-state index contributed by atoms with van der Waals surface area (Å²) in [5.74, 6) is 0.361. The Morgan fingerprint density at radius 1 is 1.29 bits per heavy atom. The molecule has 0 saturated heterocycles. The van der Waals surface area contributed by atoms with Gasteiger partial charge in [-0.1, -0.05) is 23.2 Å². The van der Waals surface area contributed by atoms with Gasteiger partial charge in [0.05, 0.1) is 16.7 Å². The SMILES string of the molecule is CCOc1c(Cl)cc(B(O)O)cc1Cl. The second-order valence-corrected chi connectivity index (χ2v) is 3.43. The fourth-order valence-electron chi connectivity index (χ4n) is 1.01. The molecule has 1 rings (SSSR count). The lowest BCUT2D eigenvalue weighted by molar-refractivity contribution is 0.340. The van der Waals surface area contributed by atoms with Crippen LogP contribution in [0.2, 0.25) is 10.0 Å². The molecule has 0 heterocycles. The molecular formula is C8H9BCl2O3. The molecule has 0 aliphatic heterocycles. The van der Waals surface area contributed by atoms with Crippen LogP contribution >= 0.6 is 23.2 Å². The molecule has 1 aromatic carbocycles. The Bertz CT molecular complexity index is 307. The molecule has 0 saturated carbocycles. The molecule has 0 bridgehead atoms. The highest BCUT2D eigenvalue weighted by atomic mass is 35.5. The van der Waals surface area contributed by atoms with Crippen molar-refractivity contribution in [1.82, 2.24) is 0 Å². The summed E-state index contributed by atoms with van der Waals surface area (Å²) in [6.45, 7) is 2.25. The van der Waals surface area contributed by atoms with Gasteiger partial charge in [0, 0.05) is 0 Å². The molecule has 6 heteroatoms. The van der Waals surface area contributed by atoms with E-state index < -0.39 is 7.12 Å². The Hall–Kier alpha value is -0.415. The van der Waals surface area contributed by atoms with Gasteiger partial charge < -0.3 is 14.8 Å². The minimum Gasteiger partial charge on any atom is -0.491 e. The van der Waals surface area contributed by atoms with Crippen LogP contribution in [0.4, 0.5) is 0 Å². The van der Waals surface area contributed by atoms with E-state index in [1.807, 2.05) is 6.92 Å². The standard InChI is InChI=1S/C8H9BCl2O3/c1-2-14-8-6(10)3-5(9(12)13)4-7(8)11/h3-4,12-13H,2H2,1H3. The first-order valence-corrected chi connectivity index (χ1v) is 4.79. The van der Waals surface area contributed by atoms with Crippen molar-refractivity contribution in [1.29, 1.82) is 0 Å². The van der Waals surface area contributed by atoms with Gasteiger partial charge in [-0.3, -0.25) is 0 Å². The number of hydrogen-bond donors (Lipinski definition) is 2. The van der Waals surface area contributed by atoms with Crippen LogP contribution in [0.15, 0.2) is 12.1 Å². The number of rotatable bonds is 3. The number of ether oxygens (including phenoxy) is 1. The summed E-state index contributed by atoms with van der Waals surface area (Å²) in [6.07, 6.45) is 0. The maximum Gasteiger partial charge on any atom is 0.488 e. The molecule has 0 fully saturated rings. The van der Waals surface area contributed by atoms with Crippen LogP contribution in [0.5, 0.6) is 5.75 Å². The van der Waals surface area contributed by atoms with Gasteiger partial charge in [0.1, 0.15) is 0 Å². The molecule has 0 spiro atoms. The first-order valence-electron chi connectivity index (χ1n) is 4.04. The van der Waals surface area contributed by atoms with Crippen LogP contribution in [0.3, 0.4) is 0 Å². The Labute approximate surface area is 92.4 Å². The van der Waals surface area contributed by atoms with Gasteiger partial charge >= 0.3 is 7.12 Å². The quantitative estimate of drug-likeness (QED) is 0.770. The lowest BCUT2D eigenvalue weighted by Crippen LogP contribution is -2.29. The topological polar surface area (TPSA) is 49.7 Å². The van der Waals surface area contributed by atoms with Crippen LogP contribution in [-0.4, -0.2) is 23.8 Å². The second-order valence-electron chi connectivity index (χ2n) is 2.62. The first-order chi connectivity index (χ1) is 6.56. The molecule has 0 unspecified atom stereocenters. The zero-order valence-electron chi connectivity index (χ0n) is 7.50. The van der Waals surface area contributed by atoms with Gasteiger partial charge in [0.15, 0.2) is 5.75 Å². The second kappa shape index (κ2) is 4.89. The molecule has 0 radical (unpaired) electrons. The summed E-state index contributed by atoms with van der Waals surface area (Å²) in [7, 11) is -1.58. The fourth-order valence-corrected chi connectivity index (χ4v) is 1.62. The summed E-state index contributed by atoms with van der Waals surface area (Å²) < 4.78 is 5.17. The molecule has 0 aromatic heterocycles. The first kappa shape index (κ1) is 11.7. The fraction of sp³-hybridized carbons (Fsp3) is 0.250. The number of hydrogen-bond acceptors (Lipinski definition) is 3. The largest absolute Gasteiger partial charge is 0.491 e. The molecule has 3 nitrogen and oxygen atoms in total. The van der Waals surface area contributed by atoms with Crippen LogP contribution in [0, 0.1) is 0 Å². The Kier molecular flexibility index (Phi) is 4.07. The van der Waals surface area contributed by atoms with Crippen LogP contribution < -0.4 is 10.2 Å². The van der Waals surface area contributed by atoms with Crippen molar-refractivity contribution < 1.29 is 14.8 Å². The van der Waals surface area contributed by atoms with E-state index in [0.29, 0.717) is 12.4 Å². The molecule has 1 aromatic rings. The van der Waals surface area contributed by atoms with Crippen LogP contribution in [0.1, 0.15) is 6.92 Å². The van der Waals surface area contributed by atoms with Crippen molar-refractivity contribution in [2.45, 2.75) is 6.92 Å². The minimum atomic E-state index is -1.58. The smallest absolute Gasteiger partial charge is 0.488 e. The third-order valence-electron chi connectivity index (χ3n) is 1.61. The molecule has 0 aliphatic carbocycles. The maximum atomic E-state index is 8.89. The predicted molar refractivity (Wildman–Crippen MR) is 57.5 cm³/mol. The molecule has 14 heavy (non-hydrogen) atoms. The molecule has 0 atom stereocenters. The summed E-state index contributed by atoms with van der Waals surface area (Å²) in [6, 6.07) is 2.81. The average Bonchev–Trinajstić information content (AvgIpc) is 2.10. The van der Waals surface area contributed by atoms with Crippen molar-refractivity contribution in [2.75, 3.05) is 6.61 Å². The maximum absolute atomic E-state index is 8.89. The van der Waals surface area contributed by atoms with Crippen LogP contribution in [-0.2, 0) is 0 Å². The lowest BCUT2D eigenvalue weighted by atomic mass is 9.80. The number of benzene rings is 1. The van der Waals surface area contributed by atoms with Gasteiger partial charge in [0.25, 0.3) is 0 Å². The summed E-state index contributed by atoms with van der Waals surface area (Å²) >= 11 is 11.7. The molecule has 0 aliphatic rings. The third kappa shape index (κ3) is 2.54. The van der Waals surface area contributed by atoms with E-state index in [9.17, 15) is 0 Å². The lowest BCUT2D eigenvalue weighted by Gasteiger charge is -2.09. The molecule has 0 amide bonds. The van der Waals surface area contributed by atoms with E-state index in [1.165, 1.54) is 12.1 Å². The zero-order chi connectivity index (χ0) is 10.7. The van der Waals surface area contributed by atoms with E-state index in [-0.39, 0.29) is 15.5 Å². The van der Waals surface area contributed by atoms with Crippen molar-refractivity contribution in [3.63, 3.8) is 0 Å². The van der Waals surface area contributed by atoms with Crippen molar-refractivity contribution in [2.24, 2.45) is 0 Å². The van der Waals surface area contributed by atoms with Gasteiger partial charge in [-0.25, -0.2) is 0 Å². The van der Waals surface area contributed by atoms with Crippen molar-refractivity contribution in [3.8, 4) is 5.75 Å². The van der Waals surface area contributed by atoms with E-state index in [2.05, 4.69) is 0 Å². The van der Waals surface area contributed by atoms with Gasteiger partial charge in [-0.2, -0.15) is 0 Å². The summed E-state index contributed by atoms with van der Waals surface area (Å²) in [4.78, 5) is 0.